The van der Waals surface area contributed by atoms with Gasteiger partial charge in [-0.1, -0.05) is 35.9 Å². The summed E-state index contributed by atoms with van der Waals surface area (Å²) in [4.78, 5) is 12.6. The summed E-state index contributed by atoms with van der Waals surface area (Å²) in [6, 6.07) is 14.2. The van der Waals surface area contributed by atoms with Crippen LogP contribution in [0.15, 0.2) is 48.5 Å². The quantitative estimate of drug-likeness (QED) is 0.833. The number of carbonyl (C=O) groups excluding carboxylic acids is 1. The zero-order valence-corrected chi connectivity index (χ0v) is 15.5. The van der Waals surface area contributed by atoms with Gasteiger partial charge in [-0.25, -0.2) is 8.42 Å². The molecule has 6 heteroatoms. The van der Waals surface area contributed by atoms with E-state index in [1.807, 2.05) is 24.3 Å². The molecule has 0 bridgehead atoms. The zero-order valence-electron chi connectivity index (χ0n) is 13.9. The van der Waals surface area contributed by atoms with Gasteiger partial charge < -0.3 is 5.32 Å². The maximum atomic E-state index is 12.6. The monoisotopic (exact) mass is 377 g/mol. The Labute approximate surface area is 153 Å². The van der Waals surface area contributed by atoms with Crippen LogP contribution in [0.4, 0.5) is 0 Å². The molecule has 2 aromatic carbocycles. The Bertz CT molecular complexity index is 857. The van der Waals surface area contributed by atoms with Crippen molar-refractivity contribution < 1.29 is 13.2 Å². The van der Waals surface area contributed by atoms with Crippen molar-refractivity contribution >= 4 is 27.3 Å². The van der Waals surface area contributed by atoms with E-state index in [1.165, 1.54) is 6.26 Å². The summed E-state index contributed by atoms with van der Waals surface area (Å²) in [5.74, 6) is 0.275. The van der Waals surface area contributed by atoms with Crippen LogP contribution >= 0.6 is 11.6 Å². The first-order chi connectivity index (χ1) is 11.8. The van der Waals surface area contributed by atoms with Crippen LogP contribution in [0, 0.1) is 5.92 Å². The Kier molecular flexibility index (Phi) is 5.16. The number of hydrogen-bond acceptors (Lipinski definition) is 3. The summed E-state index contributed by atoms with van der Waals surface area (Å²) in [6.45, 7) is 0. The molecule has 0 heterocycles. The summed E-state index contributed by atoms with van der Waals surface area (Å²) >= 11 is 5.94. The minimum atomic E-state index is -3.08. The van der Waals surface area contributed by atoms with Gasteiger partial charge in [0, 0.05) is 16.8 Å². The fraction of sp³-hybridized carbons (Fsp3) is 0.316. The number of benzene rings is 2. The molecule has 3 rings (SSSR count). The van der Waals surface area contributed by atoms with Gasteiger partial charge in [-0.15, -0.1) is 0 Å². The van der Waals surface area contributed by atoms with Crippen LogP contribution in [0.5, 0.6) is 0 Å². The van der Waals surface area contributed by atoms with Crippen LogP contribution in [0.3, 0.4) is 0 Å². The lowest BCUT2D eigenvalue weighted by molar-refractivity contribution is 0.0931. The number of nitrogens with one attached hydrogen (secondary N) is 1. The van der Waals surface area contributed by atoms with Crippen molar-refractivity contribution in [2.45, 2.75) is 24.6 Å². The van der Waals surface area contributed by atoms with Gasteiger partial charge in [0.05, 0.1) is 11.8 Å². The van der Waals surface area contributed by atoms with E-state index in [2.05, 4.69) is 5.32 Å². The lowest BCUT2D eigenvalue weighted by Gasteiger charge is -2.19. The molecule has 1 fully saturated rings. The molecule has 1 amide bonds. The number of hydrogen-bond donors (Lipinski definition) is 1. The number of halogens is 1. The molecule has 2 aromatic rings. The molecule has 0 radical (unpaired) electrons. The van der Waals surface area contributed by atoms with Crippen molar-refractivity contribution in [2.24, 2.45) is 5.92 Å². The van der Waals surface area contributed by atoms with Gasteiger partial charge in [-0.3, -0.25) is 4.79 Å². The van der Waals surface area contributed by atoms with Gasteiger partial charge >= 0.3 is 0 Å². The first kappa shape index (κ1) is 18.0. The van der Waals surface area contributed by atoms with Crippen molar-refractivity contribution in [3.05, 3.63) is 70.2 Å². The van der Waals surface area contributed by atoms with Gasteiger partial charge in [0.15, 0.2) is 9.84 Å². The molecule has 1 aliphatic carbocycles. The van der Waals surface area contributed by atoms with E-state index in [9.17, 15) is 13.2 Å². The maximum Gasteiger partial charge on any atom is 0.251 e. The molecule has 0 saturated heterocycles. The van der Waals surface area contributed by atoms with Crippen LogP contribution in [0.1, 0.15) is 40.4 Å². The zero-order chi connectivity index (χ0) is 18.0. The van der Waals surface area contributed by atoms with Crippen LogP contribution in [0.25, 0.3) is 0 Å². The van der Waals surface area contributed by atoms with E-state index in [0.717, 1.165) is 18.4 Å². The van der Waals surface area contributed by atoms with Crippen LogP contribution in [-0.2, 0) is 15.6 Å². The molecule has 4 nitrogen and oxygen atoms in total. The average Bonchev–Trinajstić information content (AvgIpc) is 3.37. The maximum absolute atomic E-state index is 12.6. The van der Waals surface area contributed by atoms with E-state index < -0.39 is 9.84 Å². The lowest BCUT2D eigenvalue weighted by atomic mass is 10.0. The predicted octanol–water partition coefficient (Wildman–Crippen LogP) is 3.77. The second-order valence-electron chi connectivity index (χ2n) is 6.61. The second-order valence-corrected chi connectivity index (χ2v) is 9.18. The molecular formula is C19H20ClNO3S. The van der Waals surface area contributed by atoms with Crippen molar-refractivity contribution in [3.63, 3.8) is 0 Å². The highest BCUT2D eigenvalue weighted by Crippen LogP contribution is 2.41. The second kappa shape index (κ2) is 7.18. The summed E-state index contributed by atoms with van der Waals surface area (Å²) in [6.07, 6.45) is 3.39. The first-order valence-corrected chi connectivity index (χ1v) is 10.6. The topological polar surface area (TPSA) is 63.2 Å². The first-order valence-electron chi connectivity index (χ1n) is 8.15. The third-order valence-electron chi connectivity index (χ3n) is 4.25. The summed E-state index contributed by atoms with van der Waals surface area (Å²) in [5, 5.41) is 3.77. The van der Waals surface area contributed by atoms with Crippen LogP contribution in [0.2, 0.25) is 5.02 Å². The highest BCUT2D eigenvalue weighted by molar-refractivity contribution is 7.89. The highest BCUT2D eigenvalue weighted by Gasteiger charge is 2.33. The van der Waals surface area contributed by atoms with Gasteiger partial charge in [0.2, 0.25) is 0 Å². The largest absolute Gasteiger partial charge is 0.345 e. The Hall–Kier alpha value is -1.85. The van der Waals surface area contributed by atoms with E-state index in [4.69, 9.17) is 11.6 Å². The molecule has 1 atom stereocenters. The van der Waals surface area contributed by atoms with Crippen molar-refractivity contribution in [2.75, 3.05) is 6.26 Å². The standard InChI is InChI=1S/C19H20ClNO3S/c1-25(23,24)12-13-2-4-16(5-3-13)19(22)21-18(14-6-7-14)15-8-10-17(20)11-9-15/h2-5,8-11,14,18H,6-7,12H2,1H3,(H,21,22). The van der Waals surface area contributed by atoms with E-state index >= 15 is 0 Å². The summed E-state index contributed by atoms with van der Waals surface area (Å²) in [7, 11) is -3.08. The molecule has 1 aliphatic rings. The van der Waals surface area contributed by atoms with Gasteiger partial charge in [0.1, 0.15) is 0 Å². The Morgan fingerprint density at radius 3 is 2.24 bits per heavy atom. The van der Waals surface area contributed by atoms with Gasteiger partial charge in [-0.05, 0) is 54.2 Å². The fourth-order valence-corrected chi connectivity index (χ4v) is 3.78. The van der Waals surface area contributed by atoms with Gasteiger partial charge in [-0.2, -0.15) is 0 Å². The summed E-state index contributed by atoms with van der Waals surface area (Å²) in [5.41, 5.74) is 2.25. The smallest absolute Gasteiger partial charge is 0.251 e. The minimum absolute atomic E-state index is 0.0234. The molecule has 0 aromatic heterocycles. The number of sulfone groups is 1. The molecule has 1 unspecified atom stereocenters. The van der Waals surface area contributed by atoms with Crippen molar-refractivity contribution in [1.29, 1.82) is 0 Å². The third kappa shape index (κ3) is 5.06. The Balaban J connectivity index is 1.72. The number of carbonyl (C=O) groups is 1. The van der Waals surface area contributed by atoms with E-state index in [1.54, 1.807) is 24.3 Å². The lowest BCUT2D eigenvalue weighted by Crippen LogP contribution is -2.29. The van der Waals surface area contributed by atoms with Crippen LogP contribution < -0.4 is 5.32 Å². The number of rotatable bonds is 6. The predicted molar refractivity (Wildman–Crippen MR) is 99.4 cm³/mol. The average molecular weight is 378 g/mol. The minimum Gasteiger partial charge on any atom is -0.345 e. The number of amides is 1. The van der Waals surface area contributed by atoms with Crippen molar-refractivity contribution in [1.82, 2.24) is 5.32 Å². The normalized spacial score (nSPS) is 15.6. The molecule has 132 valence electrons. The molecule has 1 N–H and O–H groups in total. The molecule has 1 saturated carbocycles. The molecule has 0 spiro atoms. The highest BCUT2D eigenvalue weighted by atomic mass is 35.5. The van der Waals surface area contributed by atoms with E-state index in [-0.39, 0.29) is 17.7 Å². The van der Waals surface area contributed by atoms with Gasteiger partial charge in [0.25, 0.3) is 5.91 Å². The summed E-state index contributed by atoms with van der Waals surface area (Å²) < 4.78 is 22.7. The van der Waals surface area contributed by atoms with E-state index in [0.29, 0.717) is 22.1 Å². The Morgan fingerprint density at radius 1 is 1.12 bits per heavy atom. The van der Waals surface area contributed by atoms with Crippen LogP contribution in [-0.4, -0.2) is 20.6 Å². The Morgan fingerprint density at radius 2 is 1.72 bits per heavy atom. The molecular weight excluding hydrogens is 358 g/mol. The third-order valence-corrected chi connectivity index (χ3v) is 5.36. The fourth-order valence-electron chi connectivity index (χ4n) is 2.85. The van der Waals surface area contributed by atoms with Crippen molar-refractivity contribution in [3.8, 4) is 0 Å². The SMILES string of the molecule is CS(=O)(=O)Cc1ccc(C(=O)NC(c2ccc(Cl)cc2)C2CC2)cc1. The molecule has 0 aliphatic heterocycles. The molecule has 25 heavy (non-hydrogen) atoms.